The first-order valence-electron chi connectivity index (χ1n) is 11.1. The number of aromatic nitrogens is 3. The number of hydrogen-bond acceptors (Lipinski definition) is 5. The van der Waals surface area contributed by atoms with Crippen LogP contribution >= 0.6 is 24.0 Å². The number of amides is 1. The van der Waals surface area contributed by atoms with Crippen LogP contribution in [0, 0.1) is 0 Å². The number of aryl methyl sites for hydroxylation is 1. The van der Waals surface area contributed by atoms with E-state index in [2.05, 4.69) is 32.7 Å². The molecule has 1 amide bonds. The minimum absolute atomic E-state index is 0. The lowest BCUT2D eigenvalue weighted by Crippen LogP contribution is -2.37. The number of nitrogens with one attached hydrogen (secondary N) is 2. The molecule has 0 saturated heterocycles. The van der Waals surface area contributed by atoms with Crippen LogP contribution < -0.4 is 10.6 Å². The van der Waals surface area contributed by atoms with Crippen molar-refractivity contribution in [2.24, 2.45) is 4.99 Å². The van der Waals surface area contributed by atoms with Gasteiger partial charge in [0.15, 0.2) is 5.96 Å². The third-order valence-corrected chi connectivity index (χ3v) is 4.51. The van der Waals surface area contributed by atoms with Crippen LogP contribution in [-0.2, 0) is 24.4 Å². The van der Waals surface area contributed by atoms with E-state index in [0.717, 1.165) is 49.6 Å². The topological polar surface area (TPSA) is 96.7 Å². The normalized spacial score (nSPS) is 11.5. The lowest BCUT2D eigenvalue weighted by atomic mass is 10.1. The van der Waals surface area contributed by atoms with Crippen molar-refractivity contribution < 1.29 is 9.53 Å². The van der Waals surface area contributed by atoms with E-state index < -0.39 is 5.60 Å². The van der Waals surface area contributed by atoms with Crippen molar-refractivity contribution in [3.8, 4) is 0 Å². The van der Waals surface area contributed by atoms with E-state index >= 15 is 0 Å². The fourth-order valence-corrected chi connectivity index (χ4v) is 2.90. The van der Waals surface area contributed by atoms with Gasteiger partial charge in [-0.15, -0.1) is 34.2 Å². The molecule has 0 aliphatic heterocycles. The van der Waals surface area contributed by atoms with E-state index in [-0.39, 0.29) is 30.1 Å². The maximum Gasteiger partial charge on any atom is 0.410 e. The van der Waals surface area contributed by atoms with Crippen LogP contribution in [0.4, 0.5) is 4.79 Å². The number of ether oxygens (including phenoxy) is 1. The van der Waals surface area contributed by atoms with E-state index in [1.807, 2.05) is 49.6 Å². The highest BCUT2D eigenvalue weighted by Gasteiger charge is 2.19. The number of nitrogens with zero attached hydrogens (tertiary/aromatic N) is 5. The van der Waals surface area contributed by atoms with Crippen LogP contribution in [0.1, 0.15) is 51.7 Å². The fraction of sp³-hybridized carbons (Fsp3) is 0.565. The summed E-state index contributed by atoms with van der Waals surface area (Å²) in [4.78, 5) is 18.4. The van der Waals surface area contributed by atoms with Crippen molar-refractivity contribution in [3.05, 3.63) is 48.0 Å². The first-order chi connectivity index (χ1) is 15.3. The van der Waals surface area contributed by atoms with Crippen LogP contribution in [0.25, 0.3) is 0 Å². The van der Waals surface area contributed by atoms with E-state index in [1.165, 1.54) is 0 Å². The molecule has 0 aliphatic carbocycles. The molecule has 0 unspecified atom stereocenters. The van der Waals surface area contributed by atoms with Crippen molar-refractivity contribution in [2.75, 3.05) is 20.1 Å². The van der Waals surface area contributed by atoms with Crippen LogP contribution in [0.5, 0.6) is 0 Å². The monoisotopic (exact) mass is 571 g/mol. The predicted molar refractivity (Wildman–Crippen MR) is 142 cm³/mol. The molecule has 0 saturated carbocycles. The number of hydrogen-bond donors (Lipinski definition) is 2. The number of rotatable bonds is 10. The largest absolute Gasteiger partial charge is 0.444 e. The van der Waals surface area contributed by atoms with Gasteiger partial charge >= 0.3 is 6.09 Å². The lowest BCUT2D eigenvalue weighted by Gasteiger charge is -2.24. The molecule has 0 bridgehead atoms. The second-order valence-corrected chi connectivity index (χ2v) is 8.68. The Balaban J connectivity index is 0.00000544. The average Bonchev–Trinajstić information content (AvgIpc) is 3.25. The molecule has 0 radical (unpaired) electrons. The van der Waals surface area contributed by atoms with E-state index in [1.54, 1.807) is 24.6 Å². The van der Waals surface area contributed by atoms with Crippen LogP contribution in [0.15, 0.2) is 41.9 Å². The third-order valence-electron chi connectivity index (χ3n) is 4.51. The number of guanidine groups is 1. The smallest absolute Gasteiger partial charge is 0.410 e. The van der Waals surface area contributed by atoms with Gasteiger partial charge in [-0.1, -0.05) is 24.3 Å². The second kappa shape index (κ2) is 14.7. The molecule has 184 valence electrons. The summed E-state index contributed by atoms with van der Waals surface area (Å²) in [7, 11) is 1.74. The van der Waals surface area contributed by atoms with Gasteiger partial charge in [0.2, 0.25) is 0 Å². The number of halogens is 1. The van der Waals surface area contributed by atoms with Gasteiger partial charge in [0.25, 0.3) is 0 Å². The summed E-state index contributed by atoms with van der Waals surface area (Å²) in [5.41, 5.74) is 1.66. The van der Waals surface area contributed by atoms with Gasteiger partial charge in [-0.05, 0) is 51.7 Å². The zero-order valence-corrected chi connectivity index (χ0v) is 22.7. The minimum Gasteiger partial charge on any atom is -0.444 e. The first-order valence-corrected chi connectivity index (χ1v) is 11.1. The molecule has 2 N–H and O–H groups in total. The molecule has 33 heavy (non-hydrogen) atoms. The van der Waals surface area contributed by atoms with E-state index in [9.17, 15) is 4.79 Å². The number of benzene rings is 1. The van der Waals surface area contributed by atoms with Gasteiger partial charge in [-0.25, -0.2) is 9.79 Å². The molecule has 0 spiro atoms. The first kappa shape index (κ1) is 28.7. The van der Waals surface area contributed by atoms with Crippen molar-refractivity contribution in [3.63, 3.8) is 0 Å². The van der Waals surface area contributed by atoms with Crippen molar-refractivity contribution in [2.45, 2.75) is 65.8 Å². The Labute approximate surface area is 214 Å². The van der Waals surface area contributed by atoms with E-state index in [0.29, 0.717) is 13.1 Å². The predicted octanol–water partition coefficient (Wildman–Crippen LogP) is 3.80. The summed E-state index contributed by atoms with van der Waals surface area (Å²) < 4.78 is 7.38. The summed E-state index contributed by atoms with van der Waals surface area (Å²) in [5.74, 6) is 0.811. The maximum atomic E-state index is 12.1. The quantitative estimate of drug-likeness (QED) is 0.195. The van der Waals surface area contributed by atoms with Crippen molar-refractivity contribution >= 4 is 36.0 Å². The number of carbonyl (C=O) groups is 1. The Morgan fingerprint density at radius 3 is 2.33 bits per heavy atom. The molecule has 0 aliphatic rings. The average molecular weight is 572 g/mol. The van der Waals surface area contributed by atoms with Crippen LogP contribution in [0.3, 0.4) is 0 Å². The Morgan fingerprint density at radius 2 is 1.73 bits per heavy atom. The molecule has 9 nitrogen and oxygen atoms in total. The fourth-order valence-electron chi connectivity index (χ4n) is 2.90. The molecular formula is C23H38IN7O2. The Morgan fingerprint density at radius 1 is 1.09 bits per heavy atom. The molecular weight excluding hydrogens is 533 g/mol. The van der Waals surface area contributed by atoms with Gasteiger partial charge in [-0.3, -0.25) is 0 Å². The SMILES string of the molecule is CCNC(=NCc1ccc(CN(C)C(=O)OC(C)(C)C)cc1)NCCCCn1cnnc1.I. The minimum atomic E-state index is -0.497. The molecule has 0 fully saturated rings. The molecule has 2 rings (SSSR count). The van der Waals surface area contributed by atoms with Gasteiger partial charge < -0.3 is 24.8 Å². The van der Waals surface area contributed by atoms with Crippen LogP contribution in [-0.4, -0.2) is 57.5 Å². The Kier molecular flexibility index (Phi) is 12.8. The summed E-state index contributed by atoms with van der Waals surface area (Å²) in [6.45, 7) is 11.3. The number of unbranched alkanes of at least 4 members (excludes halogenated alkanes) is 1. The van der Waals surface area contributed by atoms with Gasteiger partial charge in [0.1, 0.15) is 18.3 Å². The number of aliphatic imine (C=N–C) groups is 1. The van der Waals surface area contributed by atoms with Crippen molar-refractivity contribution in [1.29, 1.82) is 0 Å². The summed E-state index contributed by atoms with van der Waals surface area (Å²) >= 11 is 0. The Hall–Kier alpha value is -2.37. The molecule has 1 aromatic heterocycles. The second-order valence-electron chi connectivity index (χ2n) is 8.68. The van der Waals surface area contributed by atoms with E-state index in [4.69, 9.17) is 4.74 Å². The molecule has 1 heterocycles. The van der Waals surface area contributed by atoms with Gasteiger partial charge in [0.05, 0.1) is 6.54 Å². The van der Waals surface area contributed by atoms with Crippen LogP contribution in [0.2, 0.25) is 0 Å². The maximum absolute atomic E-state index is 12.1. The highest BCUT2D eigenvalue weighted by Crippen LogP contribution is 2.12. The van der Waals surface area contributed by atoms with Gasteiger partial charge in [0, 0.05) is 33.2 Å². The summed E-state index contributed by atoms with van der Waals surface area (Å²) in [5, 5.41) is 14.3. The summed E-state index contributed by atoms with van der Waals surface area (Å²) in [6.07, 6.45) is 5.22. The zero-order chi connectivity index (χ0) is 23.4. The third kappa shape index (κ3) is 11.9. The lowest BCUT2D eigenvalue weighted by molar-refractivity contribution is 0.0285. The number of carbonyl (C=O) groups excluding carboxylic acids is 1. The highest BCUT2D eigenvalue weighted by molar-refractivity contribution is 14.0. The summed E-state index contributed by atoms with van der Waals surface area (Å²) in [6, 6.07) is 8.14. The highest BCUT2D eigenvalue weighted by atomic mass is 127. The zero-order valence-electron chi connectivity index (χ0n) is 20.4. The molecule has 2 aromatic rings. The van der Waals surface area contributed by atoms with Gasteiger partial charge in [-0.2, -0.15) is 0 Å². The van der Waals surface area contributed by atoms with Crippen molar-refractivity contribution in [1.82, 2.24) is 30.3 Å². The molecule has 10 heteroatoms. The standard InChI is InChI=1S/C23H37N7O2.HI/c1-6-24-21(25-13-7-8-14-30-17-27-28-18-30)26-15-19-9-11-20(12-10-19)16-29(5)22(31)32-23(2,3)4;/h9-12,17-18H,6-8,13-16H2,1-5H3,(H2,24,25,26);1H. The molecule has 1 aromatic carbocycles. The molecule has 0 atom stereocenters. The Bertz CT molecular complexity index is 833.